The minimum atomic E-state index is -1.05. The van der Waals surface area contributed by atoms with Gasteiger partial charge in [0.15, 0.2) is 0 Å². The first-order valence-corrected chi connectivity index (χ1v) is 5.65. The van der Waals surface area contributed by atoms with E-state index in [2.05, 4.69) is 0 Å². The Morgan fingerprint density at radius 1 is 1.33 bits per heavy atom. The topological polar surface area (TPSA) is 80.4 Å². The second-order valence-corrected chi connectivity index (χ2v) is 4.32. The SMILES string of the molecule is C[C@@H](N)C(=O)CC(Cc1ccc(F)cc1)C(=O)O. The quantitative estimate of drug-likeness (QED) is 0.802. The summed E-state index contributed by atoms with van der Waals surface area (Å²) in [5.74, 6) is -2.54. The van der Waals surface area contributed by atoms with Crippen LogP contribution in [0.2, 0.25) is 0 Å². The van der Waals surface area contributed by atoms with Crippen LogP contribution in [0.3, 0.4) is 0 Å². The lowest BCUT2D eigenvalue weighted by atomic mass is 9.93. The van der Waals surface area contributed by atoms with Crippen molar-refractivity contribution in [3.63, 3.8) is 0 Å². The molecule has 18 heavy (non-hydrogen) atoms. The van der Waals surface area contributed by atoms with E-state index >= 15 is 0 Å². The maximum Gasteiger partial charge on any atom is 0.307 e. The van der Waals surface area contributed by atoms with Gasteiger partial charge in [-0.05, 0) is 31.0 Å². The van der Waals surface area contributed by atoms with Gasteiger partial charge in [0.25, 0.3) is 0 Å². The Hall–Kier alpha value is -1.75. The Morgan fingerprint density at radius 3 is 2.33 bits per heavy atom. The molecule has 1 aromatic rings. The molecule has 0 heterocycles. The van der Waals surface area contributed by atoms with Crippen LogP contribution in [0.25, 0.3) is 0 Å². The van der Waals surface area contributed by atoms with E-state index in [4.69, 9.17) is 10.8 Å². The van der Waals surface area contributed by atoms with Crippen molar-refractivity contribution in [2.24, 2.45) is 11.7 Å². The molecule has 0 aliphatic rings. The van der Waals surface area contributed by atoms with Crippen LogP contribution >= 0.6 is 0 Å². The fraction of sp³-hybridized carbons (Fsp3) is 0.385. The molecule has 0 aliphatic heterocycles. The molecule has 0 radical (unpaired) electrons. The third-order valence-corrected chi connectivity index (χ3v) is 2.70. The lowest BCUT2D eigenvalue weighted by molar-refractivity contribution is -0.143. The third kappa shape index (κ3) is 4.25. The molecule has 4 nitrogen and oxygen atoms in total. The highest BCUT2D eigenvalue weighted by Crippen LogP contribution is 2.14. The molecular formula is C13H16FNO3. The van der Waals surface area contributed by atoms with Crippen molar-refractivity contribution in [2.45, 2.75) is 25.8 Å². The lowest BCUT2D eigenvalue weighted by Crippen LogP contribution is -2.31. The second-order valence-electron chi connectivity index (χ2n) is 4.32. The largest absolute Gasteiger partial charge is 0.481 e. The molecule has 98 valence electrons. The standard InChI is InChI=1S/C13H16FNO3/c1-8(15)12(16)7-10(13(17)18)6-9-2-4-11(14)5-3-9/h2-5,8,10H,6-7,15H2,1H3,(H,17,18)/t8-,10?/m1/s1. The predicted molar refractivity (Wildman–Crippen MR) is 64.5 cm³/mol. The molecule has 0 saturated heterocycles. The van der Waals surface area contributed by atoms with Crippen molar-refractivity contribution in [3.05, 3.63) is 35.6 Å². The maximum absolute atomic E-state index is 12.7. The van der Waals surface area contributed by atoms with Crippen LogP contribution in [0, 0.1) is 11.7 Å². The zero-order chi connectivity index (χ0) is 13.7. The van der Waals surface area contributed by atoms with Crippen LogP contribution in [-0.2, 0) is 16.0 Å². The number of carbonyl (C=O) groups is 2. The van der Waals surface area contributed by atoms with Crippen molar-refractivity contribution in [3.8, 4) is 0 Å². The molecule has 0 spiro atoms. The van der Waals surface area contributed by atoms with Gasteiger partial charge >= 0.3 is 5.97 Å². The van der Waals surface area contributed by atoms with E-state index in [0.29, 0.717) is 5.56 Å². The van der Waals surface area contributed by atoms with E-state index in [0.717, 1.165) is 0 Å². The van der Waals surface area contributed by atoms with Crippen molar-refractivity contribution in [2.75, 3.05) is 0 Å². The van der Waals surface area contributed by atoms with E-state index in [1.807, 2.05) is 0 Å². The normalized spacial score (nSPS) is 13.9. The summed E-state index contributed by atoms with van der Waals surface area (Å²) in [5, 5.41) is 9.05. The van der Waals surface area contributed by atoms with Crippen molar-refractivity contribution in [1.82, 2.24) is 0 Å². The molecule has 0 fully saturated rings. The molecule has 5 heteroatoms. The highest BCUT2D eigenvalue weighted by atomic mass is 19.1. The van der Waals surface area contributed by atoms with Crippen LogP contribution in [0.15, 0.2) is 24.3 Å². The fourth-order valence-corrected chi connectivity index (χ4v) is 1.58. The second kappa shape index (κ2) is 6.26. The number of hydrogen-bond acceptors (Lipinski definition) is 3. The van der Waals surface area contributed by atoms with Gasteiger partial charge in [0, 0.05) is 6.42 Å². The maximum atomic E-state index is 12.7. The number of aliphatic carboxylic acids is 1. The minimum Gasteiger partial charge on any atom is -0.481 e. The van der Waals surface area contributed by atoms with Crippen molar-refractivity contribution in [1.29, 1.82) is 0 Å². The summed E-state index contributed by atoms with van der Waals surface area (Å²) in [7, 11) is 0. The van der Waals surface area contributed by atoms with Crippen LogP contribution in [0.5, 0.6) is 0 Å². The van der Waals surface area contributed by atoms with E-state index in [-0.39, 0.29) is 24.4 Å². The van der Waals surface area contributed by atoms with Gasteiger partial charge in [0.05, 0.1) is 12.0 Å². The van der Waals surface area contributed by atoms with Crippen LogP contribution in [0.1, 0.15) is 18.9 Å². The molecule has 0 bridgehead atoms. The molecule has 0 saturated carbocycles. The molecule has 2 atom stereocenters. The molecule has 3 N–H and O–H groups in total. The number of benzene rings is 1. The Morgan fingerprint density at radius 2 is 1.89 bits per heavy atom. The molecule has 1 aromatic carbocycles. The van der Waals surface area contributed by atoms with Crippen molar-refractivity contribution < 1.29 is 19.1 Å². The highest BCUT2D eigenvalue weighted by molar-refractivity contribution is 5.87. The van der Waals surface area contributed by atoms with E-state index < -0.39 is 17.9 Å². The predicted octanol–water partition coefficient (Wildman–Crippen LogP) is 1.38. The number of hydrogen-bond donors (Lipinski definition) is 2. The monoisotopic (exact) mass is 253 g/mol. The molecule has 1 rings (SSSR count). The Labute approximate surface area is 105 Å². The summed E-state index contributed by atoms with van der Waals surface area (Å²) >= 11 is 0. The third-order valence-electron chi connectivity index (χ3n) is 2.70. The van der Waals surface area contributed by atoms with Gasteiger partial charge in [-0.3, -0.25) is 9.59 Å². The molecule has 0 amide bonds. The highest BCUT2D eigenvalue weighted by Gasteiger charge is 2.23. The van der Waals surface area contributed by atoms with Gasteiger partial charge in [-0.2, -0.15) is 0 Å². The smallest absolute Gasteiger partial charge is 0.307 e. The fourth-order valence-electron chi connectivity index (χ4n) is 1.58. The first-order valence-electron chi connectivity index (χ1n) is 5.65. The van der Waals surface area contributed by atoms with E-state index in [1.165, 1.54) is 31.2 Å². The van der Waals surface area contributed by atoms with Gasteiger partial charge in [-0.1, -0.05) is 12.1 Å². The number of carbonyl (C=O) groups excluding carboxylic acids is 1. The number of halogens is 1. The van der Waals surface area contributed by atoms with Crippen LogP contribution in [0.4, 0.5) is 4.39 Å². The lowest BCUT2D eigenvalue weighted by Gasteiger charge is -2.13. The summed E-state index contributed by atoms with van der Waals surface area (Å²) in [5.41, 5.74) is 6.09. The van der Waals surface area contributed by atoms with Gasteiger partial charge in [0.1, 0.15) is 11.6 Å². The summed E-state index contributed by atoms with van der Waals surface area (Å²) < 4.78 is 12.7. The van der Waals surface area contributed by atoms with Crippen LogP contribution in [-0.4, -0.2) is 22.9 Å². The number of rotatable bonds is 6. The van der Waals surface area contributed by atoms with Gasteiger partial charge in [-0.15, -0.1) is 0 Å². The average Bonchev–Trinajstić information content (AvgIpc) is 2.30. The number of carboxylic acid groups (broad SMARTS) is 1. The van der Waals surface area contributed by atoms with E-state index in [1.54, 1.807) is 0 Å². The summed E-state index contributed by atoms with van der Waals surface area (Å²) in [6.07, 6.45) is 0.0818. The molecule has 0 aromatic heterocycles. The number of carboxylic acids is 1. The van der Waals surface area contributed by atoms with Crippen LogP contribution < -0.4 is 5.73 Å². The number of Topliss-reactive ketones (excluding diaryl/α,β-unsaturated/α-hetero) is 1. The van der Waals surface area contributed by atoms with Crippen molar-refractivity contribution >= 4 is 11.8 Å². The zero-order valence-electron chi connectivity index (χ0n) is 10.1. The Kier molecular flexibility index (Phi) is 4.97. The van der Waals surface area contributed by atoms with Gasteiger partial charge in [0.2, 0.25) is 0 Å². The molecular weight excluding hydrogens is 237 g/mol. The summed E-state index contributed by atoms with van der Waals surface area (Å²) in [6.45, 7) is 1.53. The Balaban J connectivity index is 2.72. The van der Waals surface area contributed by atoms with Gasteiger partial charge in [-0.25, -0.2) is 4.39 Å². The summed E-state index contributed by atoms with van der Waals surface area (Å²) in [6, 6.07) is 4.90. The van der Waals surface area contributed by atoms with E-state index in [9.17, 15) is 14.0 Å². The molecule has 0 aliphatic carbocycles. The average molecular weight is 253 g/mol. The molecule has 1 unspecified atom stereocenters. The number of ketones is 1. The number of nitrogens with two attached hydrogens (primary N) is 1. The van der Waals surface area contributed by atoms with Gasteiger partial charge < -0.3 is 10.8 Å². The zero-order valence-corrected chi connectivity index (χ0v) is 10.1. The minimum absolute atomic E-state index is 0.107. The Bertz CT molecular complexity index is 428. The first kappa shape index (κ1) is 14.3. The summed E-state index contributed by atoms with van der Waals surface area (Å²) in [4.78, 5) is 22.5. The first-order chi connectivity index (χ1) is 8.40.